The monoisotopic (exact) mass is 261 g/mol. The molecule has 2 rings (SSSR count). The van der Waals surface area contributed by atoms with Gasteiger partial charge in [-0.05, 0) is 19.0 Å². The van der Waals surface area contributed by atoms with E-state index in [1.54, 1.807) is 18.4 Å². The Hall–Kier alpha value is -2.21. The lowest BCUT2D eigenvalue weighted by Gasteiger charge is -1.97. The standard InChI is InChI=1S/C13H15N3O3/c1-2-6-14-8-11-9-19-13(15-11)10-4-3-5-12(7-10)16(17)18/h3-5,7,9,14H,2,6,8H2,1H3. The molecule has 0 unspecified atom stereocenters. The molecule has 1 heterocycles. The van der Waals surface area contributed by atoms with Crippen molar-refractivity contribution in [3.8, 4) is 11.5 Å². The molecule has 6 nitrogen and oxygen atoms in total. The molecule has 0 atom stereocenters. The van der Waals surface area contributed by atoms with Crippen LogP contribution in [0.15, 0.2) is 34.9 Å². The van der Waals surface area contributed by atoms with Crippen LogP contribution in [-0.4, -0.2) is 16.5 Å². The maximum absolute atomic E-state index is 10.7. The second kappa shape index (κ2) is 6.10. The fourth-order valence-electron chi connectivity index (χ4n) is 1.67. The second-order valence-electron chi connectivity index (χ2n) is 4.13. The summed E-state index contributed by atoms with van der Waals surface area (Å²) in [4.78, 5) is 14.6. The number of non-ortho nitro benzene ring substituents is 1. The third kappa shape index (κ3) is 3.38. The summed E-state index contributed by atoms with van der Waals surface area (Å²) >= 11 is 0. The van der Waals surface area contributed by atoms with Gasteiger partial charge in [-0.25, -0.2) is 4.98 Å². The zero-order valence-electron chi connectivity index (χ0n) is 10.6. The van der Waals surface area contributed by atoms with Crippen molar-refractivity contribution in [2.24, 2.45) is 0 Å². The zero-order valence-corrected chi connectivity index (χ0v) is 10.6. The molecular formula is C13H15N3O3. The summed E-state index contributed by atoms with van der Waals surface area (Å²) < 4.78 is 5.34. The predicted molar refractivity (Wildman–Crippen MR) is 70.6 cm³/mol. The second-order valence-corrected chi connectivity index (χ2v) is 4.13. The number of rotatable bonds is 6. The lowest BCUT2D eigenvalue weighted by molar-refractivity contribution is -0.384. The molecular weight excluding hydrogens is 246 g/mol. The Balaban J connectivity index is 2.13. The maximum atomic E-state index is 10.7. The Morgan fingerprint density at radius 3 is 3.05 bits per heavy atom. The Kier molecular flexibility index (Phi) is 4.25. The number of nitrogens with zero attached hydrogens (tertiary/aromatic N) is 2. The molecule has 0 saturated carbocycles. The predicted octanol–water partition coefficient (Wildman–Crippen LogP) is 2.75. The van der Waals surface area contributed by atoms with Gasteiger partial charge >= 0.3 is 0 Å². The number of oxazole rings is 1. The van der Waals surface area contributed by atoms with Gasteiger partial charge in [-0.15, -0.1) is 0 Å². The number of hydrogen-bond acceptors (Lipinski definition) is 5. The van der Waals surface area contributed by atoms with Crippen molar-refractivity contribution in [3.05, 3.63) is 46.3 Å². The minimum Gasteiger partial charge on any atom is -0.444 e. The average Bonchev–Trinajstić information content (AvgIpc) is 2.88. The average molecular weight is 261 g/mol. The summed E-state index contributed by atoms with van der Waals surface area (Å²) in [6.45, 7) is 3.63. The molecule has 0 amide bonds. The molecule has 1 N–H and O–H groups in total. The first-order chi connectivity index (χ1) is 9.20. The van der Waals surface area contributed by atoms with Crippen LogP contribution in [0.2, 0.25) is 0 Å². The molecule has 0 bridgehead atoms. The minimum absolute atomic E-state index is 0.0290. The smallest absolute Gasteiger partial charge is 0.270 e. The Morgan fingerprint density at radius 2 is 2.32 bits per heavy atom. The lowest BCUT2D eigenvalue weighted by Crippen LogP contribution is -2.13. The van der Waals surface area contributed by atoms with Crippen molar-refractivity contribution in [2.75, 3.05) is 6.54 Å². The Labute approximate surface area is 110 Å². The van der Waals surface area contributed by atoms with Gasteiger partial charge in [0, 0.05) is 24.2 Å². The number of benzene rings is 1. The number of aromatic nitrogens is 1. The van der Waals surface area contributed by atoms with Crippen LogP contribution in [0.5, 0.6) is 0 Å². The van der Waals surface area contributed by atoms with Crippen LogP contribution in [0.3, 0.4) is 0 Å². The molecule has 100 valence electrons. The van der Waals surface area contributed by atoms with Crippen molar-refractivity contribution >= 4 is 5.69 Å². The van der Waals surface area contributed by atoms with E-state index >= 15 is 0 Å². The van der Waals surface area contributed by atoms with E-state index in [1.165, 1.54) is 12.1 Å². The van der Waals surface area contributed by atoms with Crippen LogP contribution >= 0.6 is 0 Å². The van der Waals surface area contributed by atoms with Crippen LogP contribution < -0.4 is 5.32 Å². The van der Waals surface area contributed by atoms with Crippen LogP contribution in [-0.2, 0) is 6.54 Å². The molecule has 1 aromatic heterocycles. The number of nitrogens with one attached hydrogen (secondary N) is 1. The third-order valence-corrected chi connectivity index (χ3v) is 2.59. The van der Waals surface area contributed by atoms with E-state index in [0.717, 1.165) is 18.7 Å². The first-order valence-electron chi connectivity index (χ1n) is 6.10. The van der Waals surface area contributed by atoms with E-state index in [-0.39, 0.29) is 5.69 Å². The minimum atomic E-state index is -0.434. The summed E-state index contributed by atoms with van der Waals surface area (Å²) in [6, 6.07) is 6.25. The topological polar surface area (TPSA) is 81.2 Å². The number of nitro benzene ring substituents is 1. The van der Waals surface area contributed by atoms with Crippen molar-refractivity contribution in [1.82, 2.24) is 10.3 Å². The van der Waals surface area contributed by atoms with E-state index in [1.807, 2.05) is 0 Å². The Bertz CT molecular complexity index is 566. The molecule has 0 saturated heterocycles. The highest BCUT2D eigenvalue weighted by molar-refractivity contribution is 5.57. The summed E-state index contributed by atoms with van der Waals surface area (Å²) in [5.41, 5.74) is 1.42. The van der Waals surface area contributed by atoms with E-state index in [0.29, 0.717) is 18.0 Å². The molecule has 0 aliphatic carbocycles. The van der Waals surface area contributed by atoms with Crippen LogP contribution in [0.4, 0.5) is 5.69 Å². The van der Waals surface area contributed by atoms with Gasteiger partial charge < -0.3 is 9.73 Å². The number of nitro groups is 1. The maximum Gasteiger partial charge on any atom is 0.270 e. The van der Waals surface area contributed by atoms with E-state index in [4.69, 9.17) is 4.42 Å². The van der Waals surface area contributed by atoms with Crippen LogP contribution in [0.1, 0.15) is 19.0 Å². The summed E-state index contributed by atoms with van der Waals surface area (Å²) in [5, 5.41) is 13.9. The van der Waals surface area contributed by atoms with Gasteiger partial charge in [0.25, 0.3) is 5.69 Å². The number of hydrogen-bond donors (Lipinski definition) is 1. The molecule has 0 aliphatic rings. The van der Waals surface area contributed by atoms with Crippen LogP contribution in [0, 0.1) is 10.1 Å². The van der Waals surface area contributed by atoms with Crippen molar-refractivity contribution in [3.63, 3.8) is 0 Å². The Morgan fingerprint density at radius 1 is 1.47 bits per heavy atom. The van der Waals surface area contributed by atoms with Gasteiger partial charge in [-0.2, -0.15) is 0 Å². The molecule has 0 fully saturated rings. The molecule has 6 heteroatoms. The first kappa shape index (κ1) is 13.2. The quantitative estimate of drug-likeness (QED) is 0.491. The molecule has 0 aliphatic heterocycles. The normalized spacial score (nSPS) is 10.6. The summed E-state index contributed by atoms with van der Waals surface area (Å²) in [6.07, 6.45) is 2.62. The molecule has 2 aromatic rings. The largest absolute Gasteiger partial charge is 0.444 e. The fourth-order valence-corrected chi connectivity index (χ4v) is 1.67. The highest BCUT2D eigenvalue weighted by Crippen LogP contribution is 2.23. The molecule has 0 radical (unpaired) electrons. The van der Waals surface area contributed by atoms with Crippen molar-refractivity contribution in [2.45, 2.75) is 19.9 Å². The lowest BCUT2D eigenvalue weighted by atomic mass is 10.2. The highest BCUT2D eigenvalue weighted by atomic mass is 16.6. The van der Waals surface area contributed by atoms with Crippen molar-refractivity contribution in [1.29, 1.82) is 0 Å². The fraction of sp³-hybridized carbons (Fsp3) is 0.308. The molecule has 1 aromatic carbocycles. The van der Waals surface area contributed by atoms with E-state index in [9.17, 15) is 10.1 Å². The van der Waals surface area contributed by atoms with Gasteiger partial charge in [-0.1, -0.05) is 13.0 Å². The van der Waals surface area contributed by atoms with E-state index < -0.39 is 4.92 Å². The SMILES string of the molecule is CCCNCc1coc(-c2cccc([N+](=O)[O-])c2)n1. The first-order valence-corrected chi connectivity index (χ1v) is 6.10. The molecule has 19 heavy (non-hydrogen) atoms. The third-order valence-electron chi connectivity index (χ3n) is 2.59. The van der Waals surface area contributed by atoms with Gasteiger partial charge in [0.1, 0.15) is 6.26 Å². The van der Waals surface area contributed by atoms with Gasteiger partial charge in [-0.3, -0.25) is 10.1 Å². The van der Waals surface area contributed by atoms with Crippen molar-refractivity contribution < 1.29 is 9.34 Å². The van der Waals surface area contributed by atoms with Crippen LogP contribution in [0.25, 0.3) is 11.5 Å². The van der Waals surface area contributed by atoms with Gasteiger partial charge in [0.05, 0.1) is 10.6 Å². The summed E-state index contributed by atoms with van der Waals surface area (Å²) in [7, 11) is 0. The van der Waals surface area contributed by atoms with Gasteiger partial charge in [0.15, 0.2) is 0 Å². The van der Waals surface area contributed by atoms with E-state index in [2.05, 4.69) is 17.2 Å². The zero-order chi connectivity index (χ0) is 13.7. The summed E-state index contributed by atoms with van der Waals surface area (Å²) in [5.74, 6) is 0.400. The highest BCUT2D eigenvalue weighted by Gasteiger charge is 2.11. The molecule has 0 spiro atoms. The van der Waals surface area contributed by atoms with Gasteiger partial charge in [0.2, 0.25) is 5.89 Å².